The maximum absolute atomic E-state index is 8.67. The van der Waals surface area contributed by atoms with Crippen LogP contribution in [0.3, 0.4) is 0 Å². The molecular formula is C36H35BO2Si. The maximum Gasteiger partial charge on any atom is 0.494 e. The first kappa shape index (κ1) is 21.1. The second-order valence-electron chi connectivity index (χ2n) is 11.3. The van der Waals surface area contributed by atoms with Crippen molar-refractivity contribution in [3.63, 3.8) is 0 Å². The molecule has 0 atom stereocenters. The molecule has 198 valence electrons. The van der Waals surface area contributed by atoms with Crippen LogP contribution in [0, 0.1) is 0 Å². The molecule has 1 fully saturated rings. The number of hydrogen-bond donors (Lipinski definition) is 0. The second-order valence-corrected chi connectivity index (χ2v) is 15.1. The van der Waals surface area contributed by atoms with Gasteiger partial charge in [-0.3, -0.25) is 0 Å². The van der Waals surface area contributed by atoms with Crippen LogP contribution in [-0.2, 0) is 9.31 Å². The van der Waals surface area contributed by atoms with Gasteiger partial charge in [0.25, 0.3) is 0 Å². The topological polar surface area (TPSA) is 18.5 Å². The van der Waals surface area contributed by atoms with Gasteiger partial charge in [-0.15, -0.1) is 0 Å². The zero-order valence-electron chi connectivity index (χ0n) is 28.3. The van der Waals surface area contributed by atoms with E-state index in [-0.39, 0.29) is 29.7 Å². The Balaban J connectivity index is 1.59. The zero-order valence-corrected chi connectivity index (χ0v) is 24.3. The van der Waals surface area contributed by atoms with Gasteiger partial charge in [-0.05, 0) is 65.0 Å². The summed E-state index contributed by atoms with van der Waals surface area (Å²) in [7, 11) is -3.48. The first-order valence-corrected chi connectivity index (χ1v) is 15.6. The molecule has 1 aliphatic rings. The van der Waals surface area contributed by atoms with E-state index in [0.717, 1.165) is 26.2 Å². The van der Waals surface area contributed by atoms with Crippen LogP contribution in [0.25, 0.3) is 11.1 Å². The predicted molar refractivity (Wildman–Crippen MR) is 171 cm³/mol. The molecule has 0 saturated carbocycles. The van der Waals surface area contributed by atoms with Gasteiger partial charge < -0.3 is 9.31 Å². The minimum absolute atomic E-state index is 0.197. The van der Waals surface area contributed by atoms with Crippen LogP contribution < -0.4 is 26.2 Å². The van der Waals surface area contributed by atoms with Crippen molar-refractivity contribution in [2.45, 2.75) is 38.9 Å². The molecule has 5 aromatic rings. The third kappa shape index (κ3) is 4.56. The average Bonchev–Trinajstić information content (AvgIpc) is 3.27. The van der Waals surface area contributed by atoms with Crippen molar-refractivity contribution < 1.29 is 16.2 Å². The molecule has 0 spiro atoms. The van der Waals surface area contributed by atoms with Crippen LogP contribution >= 0.6 is 0 Å². The van der Waals surface area contributed by atoms with E-state index in [4.69, 9.17) is 16.2 Å². The minimum atomic E-state index is -2.99. The lowest BCUT2D eigenvalue weighted by molar-refractivity contribution is 0.00578. The molecule has 0 aromatic heterocycles. The van der Waals surface area contributed by atoms with Gasteiger partial charge in [0.1, 0.15) is 0 Å². The van der Waals surface area contributed by atoms with Crippen molar-refractivity contribution in [1.29, 1.82) is 0 Å². The van der Waals surface area contributed by atoms with E-state index in [2.05, 4.69) is 78.9 Å². The second kappa shape index (κ2) is 10.4. The fraction of sp³-hybridized carbons (Fsp3) is 0.167. The summed E-state index contributed by atoms with van der Waals surface area (Å²) in [6.07, 6.45) is 0. The van der Waals surface area contributed by atoms with Gasteiger partial charge >= 0.3 is 7.12 Å². The molecule has 6 rings (SSSR count). The molecule has 0 aliphatic carbocycles. The lowest BCUT2D eigenvalue weighted by Gasteiger charge is -2.35. The Morgan fingerprint density at radius 3 is 1.60 bits per heavy atom. The largest absolute Gasteiger partial charge is 0.494 e. The van der Waals surface area contributed by atoms with Crippen LogP contribution in [0.2, 0.25) is 0 Å². The highest BCUT2D eigenvalue weighted by Gasteiger charge is 2.52. The van der Waals surface area contributed by atoms with Crippen LogP contribution in [-0.4, -0.2) is 26.4 Å². The predicted octanol–water partition coefficient (Wildman–Crippen LogP) is 5.03. The van der Waals surface area contributed by atoms with E-state index in [9.17, 15) is 0 Å². The lowest BCUT2D eigenvalue weighted by atomic mass is 9.79. The smallest absolute Gasteiger partial charge is 0.399 e. The Bertz CT molecular complexity index is 1780. The molecule has 0 N–H and O–H groups in total. The highest BCUT2D eigenvalue weighted by molar-refractivity contribution is 7.20. The monoisotopic (exact) mass is 543 g/mol. The van der Waals surface area contributed by atoms with E-state index < -0.39 is 32.4 Å². The fourth-order valence-corrected chi connectivity index (χ4v) is 10.3. The summed E-state index contributed by atoms with van der Waals surface area (Å²) < 4.78 is 54.7. The van der Waals surface area contributed by atoms with Gasteiger partial charge in [0.2, 0.25) is 0 Å². The fourth-order valence-electron chi connectivity index (χ4n) is 5.55. The number of hydrogen-bond acceptors (Lipinski definition) is 2. The van der Waals surface area contributed by atoms with Crippen LogP contribution in [0.1, 0.15) is 34.5 Å². The summed E-state index contributed by atoms with van der Waals surface area (Å²) in [6.45, 7) is 8.19. The molecule has 0 bridgehead atoms. The van der Waals surface area contributed by atoms with E-state index >= 15 is 0 Å². The standard InChI is InChI=1S/C36H35BO2Si/c1-35(2)36(3,4)39-37(38-35)30-23-25-33(26-24-30)40(31-18-10-6-11-19-31,32-20-12-7-13-21-32)34-22-14-17-29(27-34)28-15-8-5-9-16-28/h5-27H,1-4H3/i5D,8D,9D,15D,16D. The Kier molecular flexibility index (Phi) is 5.47. The van der Waals surface area contributed by atoms with Crippen molar-refractivity contribution in [1.82, 2.24) is 0 Å². The van der Waals surface area contributed by atoms with Crippen LogP contribution in [0.4, 0.5) is 0 Å². The van der Waals surface area contributed by atoms with Crippen molar-refractivity contribution >= 4 is 41.4 Å². The highest BCUT2D eigenvalue weighted by Crippen LogP contribution is 2.36. The Labute approximate surface area is 246 Å². The van der Waals surface area contributed by atoms with E-state index in [0.29, 0.717) is 5.56 Å². The average molecular weight is 544 g/mol. The van der Waals surface area contributed by atoms with Crippen LogP contribution in [0.5, 0.6) is 0 Å². The number of rotatable bonds is 6. The lowest BCUT2D eigenvalue weighted by Crippen LogP contribution is -2.74. The molecule has 1 heterocycles. The molecule has 1 saturated heterocycles. The first-order valence-electron chi connectivity index (χ1n) is 16.1. The van der Waals surface area contributed by atoms with Crippen molar-refractivity contribution in [2.75, 3.05) is 0 Å². The molecule has 5 aromatic carbocycles. The first-order chi connectivity index (χ1) is 21.4. The molecule has 2 nitrogen and oxygen atoms in total. The van der Waals surface area contributed by atoms with Crippen molar-refractivity contribution in [2.24, 2.45) is 0 Å². The maximum atomic E-state index is 8.67. The molecule has 4 heteroatoms. The Morgan fingerprint density at radius 2 is 1.05 bits per heavy atom. The van der Waals surface area contributed by atoms with E-state index in [1.54, 1.807) is 0 Å². The minimum Gasteiger partial charge on any atom is -0.399 e. The number of benzene rings is 5. The third-order valence-corrected chi connectivity index (χ3v) is 13.1. The quantitative estimate of drug-likeness (QED) is 0.221. The highest BCUT2D eigenvalue weighted by atomic mass is 28.3. The van der Waals surface area contributed by atoms with E-state index in [1.807, 2.05) is 58.0 Å². The Hall–Kier alpha value is -3.70. The molecule has 0 unspecified atom stereocenters. The van der Waals surface area contributed by atoms with E-state index in [1.165, 1.54) is 0 Å². The van der Waals surface area contributed by atoms with Gasteiger partial charge in [-0.25, -0.2) is 0 Å². The normalized spacial score (nSPS) is 17.9. The summed E-state index contributed by atoms with van der Waals surface area (Å²) in [6, 6.07) is 35.8. The van der Waals surface area contributed by atoms with Gasteiger partial charge in [0.05, 0.1) is 18.1 Å². The third-order valence-electron chi connectivity index (χ3n) is 8.37. The molecular weight excluding hydrogens is 503 g/mol. The summed E-state index contributed by atoms with van der Waals surface area (Å²) in [5.74, 6) is 0. The molecule has 40 heavy (non-hydrogen) atoms. The van der Waals surface area contributed by atoms with Crippen molar-refractivity contribution in [3.05, 3.63) is 139 Å². The molecule has 0 radical (unpaired) electrons. The summed E-state index contributed by atoms with van der Waals surface area (Å²) in [4.78, 5) is 0. The van der Waals surface area contributed by atoms with Gasteiger partial charge in [-0.1, -0.05) is 139 Å². The van der Waals surface area contributed by atoms with Crippen LogP contribution in [0.15, 0.2) is 139 Å². The molecule has 1 aliphatic heterocycles. The molecule has 0 amide bonds. The summed E-state index contributed by atoms with van der Waals surface area (Å²) >= 11 is 0. The zero-order chi connectivity index (χ0) is 32.1. The Morgan fingerprint density at radius 1 is 0.550 bits per heavy atom. The summed E-state index contributed by atoms with van der Waals surface area (Å²) in [5.41, 5.74) is 0.818. The summed E-state index contributed by atoms with van der Waals surface area (Å²) in [5, 5.41) is 4.50. The van der Waals surface area contributed by atoms with Gasteiger partial charge in [-0.2, -0.15) is 0 Å². The SMILES string of the molecule is [2H]c1c([2H])c([2H])c(-c2cccc([Si](c3ccccc3)(c3ccccc3)c3ccc(B4OC(C)(C)C(C)(C)O4)cc3)c2)c([2H])c1[2H]. The van der Waals surface area contributed by atoms with Crippen molar-refractivity contribution in [3.8, 4) is 11.1 Å². The van der Waals surface area contributed by atoms with Gasteiger partial charge in [0, 0.05) is 0 Å². The van der Waals surface area contributed by atoms with Gasteiger partial charge in [0.15, 0.2) is 8.07 Å².